The van der Waals surface area contributed by atoms with Crippen molar-refractivity contribution >= 4 is 21.6 Å². The van der Waals surface area contributed by atoms with Gasteiger partial charge in [0.05, 0.1) is 23.2 Å². The summed E-state index contributed by atoms with van der Waals surface area (Å²) < 4.78 is 23.0. The zero-order chi connectivity index (χ0) is 13.8. The first-order valence-corrected chi connectivity index (χ1v) is 7.21. The molecule has 18 heavy (non-hydrogen) atoms. The Kier molecular flexibility index (Phi) is 4.69. The van der Waals surface area contributed by atoms with Crippen LogP contribution in [0.5, 0.6) is 0 Å². The number of hydrogen-bond donors (Lipinski definition) is 3. The van der Waals surface area contributed by atoms with Crippen LogP contribution < -0.4 is 10.6 Å². The lowest BCUT2D eigenvalue weighted by atomic mass is 10.3. The van der Waals surface area contributed by atoms with Crippen molar-refractivity contribution in [2.24, 2.45) is 0 Å². The van der Waals surface area contributed by atoms with Gasteiger partial charge in [-0.3, -0.25) is 0 Å². The fourth-order valence-electron chi connectivity index (χ4n) is 1.32. The van der Waals surface area contributed by atoms with Crippen LogP contribution in [-0.4, -0.2) is 38.5 Å². The molecule has 0 bridgehead atoms. The number of para-hydroxylation sites is 1. The van der Waals surface area contributed by atoms with Crippen LogP contribution in [0.3, 0.4) is 0 Å². The molecule has 0 spiro atoms. The maximum Gasteiger partial charge on any atom is 0.319 e. The van der Waals surface area contributed by atoms with E-state index in [1.54, 1.807) is 19.1 Å². The third-order valence-corrected chi connectivity index (χ3v) is 3.34. The number of hydrogen-bond acceptors (Lipinski definition) is 4. The molecule has 6 nitrogen and oxygen atoms in total. The van der Waals surface area contributed by atoms with Crippen LogP contribution in [0.15, 0.2) is 29.2 Å². The molecule has 0 saturated heterocycles. The molecule has 2 amide bonds. The first-order chi connectivity index (χ1) is 8.34. The average Bonchev–Trinajstić information content (AvgIpc) is 2.27. The van der Waals surface area contributed by atoms with Gasteiger partial charge in [-0.1, -0.05) is 12.1 Å². The van der Waals surface area contributed by atoms with Crippen molar-refractivity contribution in [1.82, 2.24) is 5.32 Å². The van der Waals surface area contributed by atoms with Gasteiger partial charge in [-0.15, -0.1) is 0 Å². The summed E-state index contributed by atoms with van der Waals surface area (Å²) in [4.78, 5) is 11.6. The minimum atomic E-state index is -3.41. The van der Waals surface area contributed by atoms with Crippen LogP contribution >= 0.6 is 0 Å². The van der Waals surface area contributed by atoms with Gasteiger partial charge in [0, 0.05) is 6.26 Å². The summed E-state index contributed by atoms with van der Waals surface area (Å²) in [7, 11) is -3.41. The number of rotatable bonds is 4. The quantitative estimate of drug-likeness (QED) is 0.747. The Morgan fingerprint density at radius 3 is 2.56 bits per heavy atom. The lowest BCUT2D eigenvalue weighted by molar-refractivity contribution is 0.229. The molecule has 1 aromatic carbocycles. The number of anilines is 1. The minimum absolute atomic E-state index is 0.0526. The highest BCUT2D eigenvalue weighted by molar-refractivity contribution is 7.90. The van der Waals surface area contributed by atoms with Gasteiger partial charge in [0.25, 0.3) is 0 Å². The number of sulfone groups is 1. The number of carbonyl (C=O) groups excluding carboxylic acids is 1. The van der Waals surface area contributed by atoms with Crippen molar-refractivity contribution in [2.75, 3.05) is 18.2 Å². The molecule has 1 rings (SSSR count). The van der Waals surface area contributed by atoms with Crippen molar-refractivity contribution in [3.05, 3.63) is 24.3 Å². The van der Waals surface area contributed by atoms with Crippen molar-refractivity contribution in [1.29, 1.82) is 0 Å². The molecule has 1 atom stereocenters. The highest BCUT2D eigenvalue weighted by atomic mass is 32.2. The summed E-state index contributed by atoms with van der Waals surface area (Å²) in [5, 5.41) is 13.7. The number of carbonyl (C=O) groups is 1. The lowest BCUT2D eigenvalue weighted by Crippen LogP contribution is -2.38. The molecule has 1 aromatic rings. The summed E-state index contributed by atoms with van der Waals surface area (Å²) in [5.74, 6) is 0. The second kappa shape index (κ2) is 5.83. The summed E-state index contributed by atoms with van der Waals surface area (Å²) >= 11 is 0. The molecule has 1 unspecified atom stereocenters. The normalized spacial score (nSPS) is 12.8. The van der Waals surface area contributed by atoms with Gasteiger partial charge in [0.15, 0.2) is 9.84 Å². The Hall–Kier alpha value is -1.60. The topological polar surface area (TPSA) is 95.5 Å². The molecule has 0 saturated carbocycles. The van der Waals surface area contributed by atoms with Crippen LogP contribution in [0, 0.1) is 0 Å². The molecular formula is C11H16N2O4S. The fourth-order valence-corrected chi connectivity index (χ4v) is 2.17. The van der Waals surface area contributed by atoms with E-state index >= 15 is 0 Å². The van der Waals surface area contributed by atoms with Crippen molar-refractivity contribution in [2.45, 2.75) is 17.9 Å². The molecule has 0 aliphatic rings. The molecule has 0 fully saturated rings. The second-order valence-electron chi connectivity index (χ2n) is 3.95. The minimum Gasteiger partial charge on any atom is -0.394 e. The smallest absolute Gasteiger partial charge is 0.319 e. The predicted octanol–water partition coefficient (Wildman–Crippen LogP) is 0.592. The first-order valence-electron chi connectivity index (χ1n) is 5.32. The van der Waals surface area contributed by atoms with Gasteiger partial charge < -0.3 is 15.7 Å². The van der Waals surface area contributed by atoms with Gasteiger partial charge >= 0.3 is 6.03 Å². The predicted molar refractivity (Wildman–Crippen MR) is 68.3 cm³/mol. The summed E-state index contributed by atoms with van der Waals surface area (Å²) in [6.45, 7) is 1.43. The van der Waals surface area contributed by atoms with E-state index in [9.17, 15) is 13.2 Å². The average molecular weight is 272 g/mol. The molecule has 100 valence electrons. The third-order valence-electron chi connectivity index (χ3n) is 2.19. The standard InChI is InChI=1S/C11H16N2O4S/c1-8(7-14)12-11(15)13-9-5-3-4-6-10(9)18(2,16)17/h3-6,8,14H,7H2,1-2H3,(H2,12,13,15). The van der Waals surface area contributed by atoms with Crippen molar-refractivity contribution in [3.63, 3.8) is 0 Å². The van der Waals surface area contributed by atoms with Gasteiger partial charge in [-0.25, -0.2) is 13.2 Å². The maximum atomic E-state index is 11.5. The van der Waals surface area contributed by atoms with E-state index < -0.39 is 21.9 Å². The zero-order valence-electron chi connectivity index (χ0n) is 10.2. The van der Waals surface area contributed by atoms with E-state index in [2.05, 4.69) is 10.6 Å². The van der Waals surface area contributed by atoms with E-state index in [-0.39, 0.29) is 17.2 Å². The van der Waals surface area contributed by atoms with Crippen LogP contribution in [0.25, 0.3) is 0 Å². The number of aliphatic hydroxyl groups is 1. The Morgan fingerprint density at radius 1 is 1.39 bits per heavy atom. The number of benzene rings is 1. The monoisotopic (exact) mass is 272 g/mol. The van der Waals surface area contributed by atoms with E-state index in [1.807, 2.05) is 0 Å². The van der Waals surface area contributed by atoms with Gasteiger partial charge in [0.1, 0.15) is 0 Å². The largest absolute Gasteiger partial charge is 0.394 e. The van der Waals surface area contributed by atoms with Gasteiger partial charge in [-0.2, -0.15) is 0 Å². The van der Waals surface area contributed by atoms with E-state index in [4.69, 9.17) is 5.11 Å². The molecule has 0 aliphatic heterocycles. The van der Waals surface area contributed by atoms with E-state index in [0.29, 0.717) is 0 Å². The first kappa shape index (κ1) is 14.5. The van der Waals surface area contributed by atoms with Crippen molar-refractivity contribution < 1.29 is 18.3 Å². The summed E-state index contributed by atoms with van der Waals surface area (Å²) in [6, 6.07) is 5.15. The Bertz CT molecular complexity index is 528. The molecule has 7 heteroatoms. The van der Waals surface area contributed by atoms with Gasteiger partial charge in [-0.05, 0) is 19.1 Å². The second-order valence-corrected chi connectivity index (χ2v) is 5.93. The number of nitrogens with one attached hydrogen (secondary N) is 2. The highest BCUT2D eigenvalue weighted by Crippen LogP contribution is 2.20. The molecule has 0 heterocycles. The van der Waals surface area contributed by atoms with Crippen LogP contribution in [0.1, 0.15) is 6.92 Å². The summed E-state index contributed by atoms with van der Waals surface area (Å²) in [5.41, 5.74) is 0.211. The zero-order valence-corrected chi connectivity index (χ0v) is 11.0. The lowest BCUT2D eigenvalue weighted by Gasteiger charge is -2.13. The number of aliphatic hydroxyl groups excluding tert-OH is 1. The molecular weight excluding hydrogens is 256 g/mol. The Labute approximate surface area is 106 Å². The third kappa shape index (κ3) is 4.01. The number of urea groups is 1. The number of amides is 2. The van der Waals surface area contributed by atoms with Crippen LogP contribution in [0.2, 0.25) is 0 Å². The van der Waals surface area contributed by atoms with Crippen LogP contribution in [0.4, 0.5) is 10.5 Å². The van der Waals surface area contributed by atoms with E-state index in [1.165, 1.54) is 12.1 Å². The summed E-state index contributed by atoms with van der Waals surface area (Å²) in [6.07, 6.45) is 1.07. The molecule has 0 aliphatic carbocycles. The van der Waals surface area contributed by atoms with E-state index in [0.717, 1.165) is 6.26 Å². The van der Waals surface area contributed by atoms with Crippen LogP contribution in [-0.2, 0) is 9.84 Å². The Balaban J connectivity index is 2.89. The van der Waals surface area contributed by atoms with Gasteiger partial charge in [0.2, 0.25) is 0 Å². The molecule has 0 aromatic heterocycles. The maximum absolute atomic E-state index is 11.5. The highest BCUT2D eigenvalue weighted by Gasteiger charge is 2.14. The van der Waals surface area contributed by atoms with Crippen molar-refractivity contribution in [3.8, 4) is 0 Å². The molecule has 0 radical (unpaired) electrons. The molecule has 3 N–H and O–H groups in total. The SMILES string of the molecule is CC(CO)NC(=O)Nc1ccccc1S(C)(=O)=O. The fraction of sp³-hybridized carbons (Fsp3) is 0.364. The Morgan fingerprint density at radius 2 is 2.00 bits per heavy atom.